The van der Waals surface area contributed by atoms with Gasteiger partial charge in [0.15, 0.2) is 0 Å². The third-order valence-electron chi connectivity index (χ3n) is 6.35. The first-order valence-electron chi connectivity index (χ1n) is 10.3. The lowest BCUT2D eigenvalue weighted by molar-refractivity contribution is -0.146. The van der Waals surface area contributed by atoms with E-state index < -0.39 is 18.6 Å². The van der Waals surface area contributed by atoms with E-state index >= 15 is 0 Å². The minimum absolute atomic E-state index is 0.0676. The van der Waals surface area contributed by atoms with Gasteiger partial charge in [-0.2, -0.15) is 13.2 Å². The monoisotopic (exact) mass is 390 g/mol. The maximum atomic E-state index is 12.2. The number of esters is 1. The summed E-state index contributed by atoms with van der Waals surface area (Å²) >= 11 is 0. The zero-order valence-electron chi connectivity index (χ0n) is 16.1. The number of hydrogen-bond donors (Lipinski definition) is 1. The average Bonchev–Trinajstić information content (AvgIpc) is 2.65. The first-order chi connectivity index (χ1) is 12.8. The van der Waals surface area contributed by atoms with Crippen LogP contribution >= 0.6 is 0 Å². The van der Waals surface area contributed by atoms with Crippen molar-refractivity contribution in [3.8, 4) is 0 Å². The number of hydrogen-bond acceptors (Lipinski definition) is 3. The van der Waals surface area contributed by atoms with Gasteiger partial charge in [0.1, 0.15) is 6.10 Å². The van der Waals surface area contributed by atoms with Crippen LogP contribution < -0.4 is 0 Å². The molecule has 0 aromatic rings. The molecule has 0 unspecified atom stereocenters. The van der Waals surface area contributed by atoms with E-state index in [1.54, 1.807) is 0 Å². The zero-order chi connectivity index (χ0) is 19.9. The number of carbonyl (C=O) groups excluding carboxylic acids is 1. The molecular formula is C21H33F3O3. The molecule has 0 aliphatic heterocycles. The lowest BCUT2D eigenvalue weighted by Gasteiger charge is -2.37. The molecule has 0 saturated heterocycles. The highest BCUT2D eigenvalue weighted by Gasteiger charge is 2.32. The van der Waals surface area contributed by atoms with E-state index in [4.69, 9.17) is 9.84 Å². The molecule has 0 bridgehead atoms. The molecule has 156 valence electrons. The third kappa shape index (κ3) is 7.84. The molecule has 0 spiro atoms. The summed E-state index contributed by atoms with van der Waals surface area (Å²) in [5, 5.41) is 8.92. The summed E-state index contributed by atoms with van der Waals surface area (Å²) in [5.41, 5.74) is 0.102. The summed E-state index contributed by atoms with van der Waals surface area (Å²) in [6, 6.07) is 0. The van der Waals surface area contributed by atoms with Crippen LogP contribution in [0.25, 0.3) is 0 Å². The molecule has 2 aliphatic rings. The number of rotatable bonds is 8. The molecule has 27 heavy (non-hydrogen) atoms. The number of unbranched alkanes of at least 4 members (excludes halogenated alkanes) is 1. The van der Waals surface area contributed by atoms with E-state index in [-0.39, 0.29) is 24.7 Å². The van der Waals surface area contributed by atoms with Crippen LogP contribution in [0, 0.1) is 17.8 Å². The highest BCUT2D eigenvalue weighted by Crippen LogP contribution is 2.41. The normalized spacial score (nSPS) is 29.3. The number of aliphatic hydroxyl groups excluding tert-OH is 1. The van der Waals surface area contributed by atoms with Crippen LogP contribution in [-0.2, 0) is 9.53 Å². The zero-order valence-corrected chi connectivity index (χ0v) is 16.1. The second-order valence-electron chi connectivity index (χ2n) is 8.35. The van der Waals surface area contributed by atoms with Gasteiger partial charge in [0.25, 0.3) is 0 Å². The van der Waals surface area contributed by atoms with Crippen molar-refractivity contribution in [3.05, 3.63) is 12.2 Å². The summed E-state index contributed by atoms with van der Waals surface area (Å²) < 4.78 is 42.0. The van der Waals surface area contributed by atoms with Crippen molar-refractivity contribution in [2.24, 2.45) is 17.8 Å². The predicted octanol–water partition coefficient (Wildman–Crippen LogP) is 5.57. The minimum atomic E-state index is -4.02. The summed E-state index contributed by atoms with van der Waals surface area (Å²) in [6.07, 6.45) is 5.64. The maximum Gasteiger partial charge on any atom is 0.389 e. The highest BCUT2D eigenvalue weighted by atomic mass is 19.4. The van der Waals surface area contributed by atoms with E-state index in [2.05, 4.69) is 6.58 Å². The Labute approximate surface area is 160 Å². The lowest BCUT2D eigenvalue weighted by atomic mass is 9.70. The van der Waals surface area contributed by atoms with E-state index in [0.717, 1.165) is 44.9 Å². The summed E-state index contributed by atoms with van der Waals surface area (Å²) in [7, 11) is 0. The smallest absolute Gasteiger partial charge is 0.389 e. The molecule has 1 N–H and O–H groups in total. The van der Waals surface area contributed by atoms with Gasteiger partial charge in [-0.3, -0.25) is 0 Å². The quantitative estimate of drug-likeness (QED) is 0.335. The van der Waals surface area contributed by atoms with Crippen LogP contribution in [0.2, 0.25) is 0 Å². The van der Waals surface area contributed by atoms with Gasteiger partial charge in [0.2, 0.25) is 0 Å². The van der Waals surface area contributed by atoms with Crippen molar-refractivity contribution >= 4 is 5.97 Å². The van der Waals surface area contributed by atoms with Gasteiger partial charge in [-0.1, -0.05) is 32.3 Å². The van der Waals surface area contributed by atoms with Gasteiger partial charge in [-0.15, -0.1) is 0 Å². The molecule has 3 nitrogen and oxygen atoms in total. The first-order valence-corrected chi connectivity index (χ1v) is 10.3. The number of aliphatic hydroxyl groups is 1. The first kappa shape index (κ1) is 22.3. The second-order valence-corrected chi connectivity index (χ2v) is 8.35. The molecule has 0 radical (unpaired) electrons. The van der Waals surface area contributed by atoms with Crippen molar-refractivity contribution in [1.29, 1.82) is 0 Å². The number of halogens is 3. The Bertz CT molecular complexity index is 474. The van der Waals surface area contributed by atoms with Crippen molar-refractivity contribution in [2.75, 3.05) is 6.61 Å². The summed E-state index contributed by atoms with van der Waals surface area (Å²) in [4.78, 5) is 11.7. The van der Waals surface area contributed by atoms with Gasteiger partial charge < -0.3 is 9.84 Å². The topological polar surface area (TPSA) is 46.5 Å². The predicted molar refractivity (Wildman–Crippen MR) is 98.0 cm³/mol. The van der Waals surface area contributed by atoms with E-state index in [1.165, 1.54) is 12.8 Å². The van der Waals surface area contributed by atoms with E-state index in [1.807, 2.05) is 0 Å². The van der Waals surface area contributed by atoms with Gasteiger partial charge in [-0.05, 0) is 62.7 Å². The van der Waals surface area contributed by atoms with Crippen molar-refractivity contribution in [3.63, 3.8) is 0 Å². The standard InChI is InChI=1S/C21H33F3O3/c1-15(14-25)20(26)27-19-11-9-18(10-12-19)17-7-5-16(6-8-17)4-2-3-13-21(22,23)24/h16-19,25H,1-14H2. The Morgan fingerprint density at radius 1 is 0.963 bits per heavy atom. The fraction of sp³-hybridized carbons (Fsp3) is 0.857. The Balaban J connectivity index is 1.60. The Morgan fingerprint density at radius 3 is 2.04 bits per heavy atom. The van der Waals surface area contributed by atoms with Gasteiger partial charge in [-0.25, -0.2) is 4.79 Å². The molecule has 0 heterocycles. The molecular weight excluding hydrogens is 357 g/mol. The second kappa shape index (κ2) is 10.5. The lowest BCUT2D eigenvalue weighted by Crippen LogP contribution is -2.30. The molecule has 0 aromatic carbocycles. The molecule has 0 amide bonds. The molecule has 0 aromatic heterocycles. The molecule has 2 aliphatic carbocycles. The van der Waals surface area contributed by atoms with Gasteiger partial charge >= 0.3 is 12.1 Å². The fourth-order valence-electron chi connectivity index (χ4n) is 4.68. The van der Waals surface area contributed by atoms with Crippen LogP contribution in [-0.4, -0.2) is 30.0 Å². The maximum absolute atomic E-state index is 12.2. The van der Waals surface area contributed by atoms with Crippen LogP contribution in [0.3, 0.4) is 0 Å². The summed E-state index contributed by atoms with van der Waals surface area (Å²) in [5.74, 6) is 1.48. The molecule has 2 fully saturated rings. The third-order valence-corrected chi connectivity index (χ3v) is 6.35. The largest absolute Gasteiger partial charge is 0.459 e. The molecule has 2 saturated carbocycles. The molecule has 0 atom stereocenters. The number of ether oxygens (including phenoxy) is 1. The van der Waals surface area contributed by atoms with Gasteiger partial charge in [0.05, 0.1) is 12.2 Å². The fourth-order valence-corrected chi connectivity index (χ4v) is 4.68. The Morgan fingerprint density at radius 2 is 1.52 bits per heavy atom. The molecule has 6 heteroatoms. The highest BCUT2D eigenvalue weighted by molar-refractivity contribution is 5.88. The van der Waals surface area contributed by atoms with Gasteiger partial charge in [0, 0.05) is 6.42 Å². The number of alkyl halides is 3. The van der Waals surface area contributed by atoms with Crippen LogP contribution in [0.15, 0.2) is 12.2 Å². The van der Waals surface area contributed by atoms with Crippen molar-refractivity contribution in [2.45, 2.75) is 89.3 Å². The van der Waals surface area contributed by atoms with E-state index in [9.17, 15) is 18.0 Å². The Kier molecular flexibility index (Phi) is 8.64. The van der Waals surface area contributed by atoms with Crippen LogP contribution in [0.1, 0.15) is 77.0 Å². The van der Waals surface area contributed by atoms with Crippen molar-refractivity contribution in [1.82, 2.24) is 0 Å². The Hall–Kier alpha value is -1.04. The average molecular weight is 390 g/mol. The van der Waals surface area contributed by atoms with Crippen LogP contribution in [0.4, 0.5) is 13.2 Å². The SMILES string of the molecule is C=C(CO)C(=O)OC1CCC(C2CCC(CCCCC(F)(F)F)CC2)CC1. The summed E-state index contributed by atoms with van der Waals surface area (Å²) in [6.45, 7) is 3.12. The minimum Gasteiger partial charge on any atom is -0.459 e. The number of carbonyl (C=O) groups is 1. The van der Waals surface area contributed by atoms with Crippen LogP contribution in [0.5, 0.6) is 0 Å². The van der Waals surface area contributed by atoms with E-state index in [0.29, 0.717) is 24.2 Å². The van der Waals surface area contributed by atoms with Crippen molar-refractivity contribution < 1.29 is 27.8 Å². The molecule has 2 rings (SSSR count).